The number of nitrogens with zero attached hydrogens (tertiary/aromatic N) is 1. The van der Waals surface area contributed by atoms with Gasteiger partial charge in [-0.1, -0.05) is 41.9 Å². The summed E-state index contributed by atoms with van der Waals surface area (Å²) in [5, 5.41) is 10.8. The maximum atomic E-state index is 14.3. The summed E-state index contributed by atoms with van der Waals surface area (Å²) in [6.45, 7) is -0.314. The smallest absolute Gasteiger partial charge is 0.482 e. The maximum Gasteiger partial charge on any atom is 0.533 e. The zero-order valence-corrected chi connectivity index (χ0v) is 18.0. The van der Waals surface area contributed by atoms with Gasteiger partial charge in [-0.05, 0) is 53.9 Å². The molecular weight excluding hydrogens is 453 g/mol. The first-order chi connectivity index (χ1) is 15.9. The minimum atomic E-state index is -1.17. The minimum Gasteiger partial charge on any atom is -0.482 e. The number of fused-ring (bicyclic) bond motifs is 1. The van der Waals surface area contributed by atoms with E-state index in [2.05, 4.69) is 0 Å². The molecule has 1 heterocycles. The van der Waals surface area contributed by atoms with E-state index in [0.29, 0.717) is 23.6 Å². The summed E-state index contributed by atoms with van der Waals surface area (Å²) in [7, 11) is 0. The Bertz CT molecular complexity index is 1190. The lowest BCUT2D eigenvalue weighted by molar-refractivity contribution is -0.141. The van der Waals surface area contributed by atoms with Gasteiger partial charge in [-0.2, -0.15) is 0 Å². The maximum absolute atomic E-state index is 14.3. The van der Waals surface area contributed by atoms with Crippen molar-refractivity contribution in [1.82, 2.24) is 5.06 Å². The van der Waals surface area contributed by atoms with Crippen molar-refractivity contribution in [3.63, 3.8) is 0 Å². The van der Waals surface area contributed by atoms with Crippen LogP contribution in [0.1, 0.15) is 22.7 Å². The fourth-order valence-electron chi connectivity index (χ4n) is 3.71. The Kier molecular flexibility index (Phi) is 6.76. The molecule has 7 nitrogen and oxygen atoms in total. The SMILES string of the molecule is O=C(O)COc1ccc(F)cc1C1c2ccccc2CCN1OC(=O)Oc1cccc(Cl)c1. The lowest BCUT2D eigenvalue weighted by atomic mass is 9.89. The van der Waals surface area contributed by atoms with Crippen LogP contribution in [0.4, 0.5) is 9.18 Å². The minimum absolute atomic E-state index is 0.164. The van der Waals surface area contributed by atoms with Crippen molar-refractivity contribution in [1.29, 1.82) is 0 Å². The van der Waals surface area contributed by atoms with Gasteiger partial charge in [-0.25, -0.2) is 14.0 Å². The van der Waals surface area contributed by atoms with Gasteiger partial charge in [-0.15, -0.1) is 5.06 Å². The molecule has 0 aliphatic carbocycles. The van der Waals surface area contributed by atoms with Crippen molar-refractivity contribution in [2.24, 2.45) is 0 Å². The monoisotopic (exact) mass is 471 g/mol. The van der Waals surface area contributed by atoms with Crippen LogP contribution in [0.25, 0.3) is 0 Å². The number of carbonyl (C=O) groups is 2. The zero-order valence-electron chi connectivity index (χ0n) is 17.2. The number of benzene rings is 3. The molecule has 4 rings (SSSR count). The Balaban J connectivity index is 1.67. The van der Waals surface area contributed by atoms with E-state index in [1.54, 1.807) is 18.2 Å². The molecule has 0 saturated carbocycles. The van der Waals surface area contributed by atoms with Crippen molar-refractivity contribution in [2.75, 3.05) is 13.2 Å². The van der Waals surface area contributed by atoms with Gasteiger partial charge in [-0.3, -0.25) is 0 Å². The van der Waals surface area contributed by atoms with E-state index in [0.717, 1.165) is 11.1 Å². The molecule has 0 aromatic heterocycles. The highest BCUT2D eigenvalue weighted by Crippen LogP contribution is 2.40. The topological polar surface area (TPSA) is 85.3 Å². The molecular formula is C24H19ClFNO6. The Labute approximate surface area is 193 Å². The largest absolute Gasteiger partial charge is 0.533 e. The first-order valence-corrected chi connectivity index (χ1v) is 10.4. The summed E-state index contributed by atoms with van der Waals surface area (Å²) in [6, 6.07) is 16.8. The van der Waals surface area contributed by atoms with Crippen LogP contribution in [-0.4, -0.2) is 35.4 Å². The molecule has 0 radical (unpaired) electrons. The Morgan fingerprint density at radius 3 is 2.67 bits per heavy atom. The molecule has 1 atom stereocenters. The van der Waals surface area contributed by atoms with Crippen LogP contribution >= 0.6 is 11.6 Å². The van der Waals surface area contributed by atoms with Crippen LogP contribution < -0.4 is 9.47 Å². The number of aliphatic carboxylic acids is 1. The van der Waals surface area contributed by atoms with Crippen LogP contribution in [0.2, 0.25) is 5.02 Å². The number of carboxylic acids is 1. The molecule has 1 N–H and O–H groups in total. The number of halogens is 2. The summed E-state index contributed by atoms with van der Waals surface area (Å²) in [6.07, 6.45) is -0.427. The average molecular weight is 472 g/mol. The summed E-state index contributed by atoms with van der Waals surface area (Å²) in [5.41, 5.74) is 2.07. The van der Waals surface area contributed by atoms with Crippen molar-refractivity contribution >= 4 is 23.7 Å². The molecule has 1 unspecified atom stereocenters. The number of hydrogen-bond donors (Lipinski definition) is 1. The van der Waals surface area contributed by atoms with Crippen LogP contribution in [-0.2, 0) is 16.1 Å². The summed E-state index contributed by atoms with van der Waals surface area (Å²) in [4.78, 5) is 29.1. The molecule has 0 amide bonds. The second kappa shape index (κ2) is 9.89. The van der Waals surface area contributed by atoms with Crippen molar-refractivity contribution in [3.8, 4) is 11.5 Å². The van der Waals surface area contributed by atoms with Crippen LogP contribution in [0.15, 0.2) is 66.7 Å². The first-order valence-electron chi connectivity index (χ1n) is 10.0. The molecule has 3 aromatic rings. The molecule has 0 spiro atoms. The summed E-state index contributed by atoms with van der Waals surface area (Å²) in [5.74, 6) is -1.35. The molecule has 1 aliphatic heterocycles. The number of hydrogen-bond acceptors (Lipinski definition) is 6. The summed E-state index contributed by atoms with van der Waals surface area (Å²) < 4.78 is 24.9. The lowest BCUT2D eigenvalue weighted by Gasteiger charge is -2.36. The van der Waals surface area contributed by atoms with Crippen molar-refractivity contribution in [2.45, 2.75) is 12.5 Å². The number of carbonyl (C=O) groups excluding carboxylic acids is 1. The Hall–Kier alpha value is -3.62. The quantitative estimate of drug-likeness (QED) is 0.399. The van der Waals surface area contributed by atoms with Gasteiger partial charge in [0.15, 0.2) is 6.61 Å². The molecule has 33 heavy (non-hydrogen) atoms. The number of carboxylic acid groups (broad SMARTS) is 1. The molecule has 3 aromatic carbocycles. The molecule has 0 fully saturated rings. The van der Waals surface area contributed by atoms with Crippen LogP contribution in [0.5, 0.6) is 11.5 Å². The number of rotatable bonds is 6. The van der Waals surface area contributed by atoms with Gasteiger partial charge >= 0.3 is 12.1 Å². The van der Waals surface area contributed by atoms with Gasteiger partial charge in [0, 0.05) is 17.1 Å². The third kappa shape index (κ3) is 5.42. The Morgan fingerprint density at radius 1 is 1.06 bits per heavy atom. The van der Waals surface area contributed by atoms with Gasteiger partial charge in [0.2, 0.25) is 0 Å². The standard InChI is InChI=1S/C24H19ClFNO6/c25-16-5-3-6-18(12-16)32-24(30)33-27-11-10-15-4-1-2-7-19(15)23(27)20-13-17(26)8-9-21(20)31-14-22(28)29/h1-9,12-13,23H,10-11,14H2,(H,28,29). The number of hydroxylamine groups is 2. The Morgan fingerprint density at radius 2 is 1.88 bits per heavy atom. The third-order valence-corrected chi connectivity index (χ3v) is 5.28. The lowest BCUT2D eigenvalue weighted by Crippen LogP contribution is -2.38. The number of ether oxygens (including phenoxy) is 2. The van der Waals surface area contributed by atoms with Gasteiger partial charge < -0.3 is 19.4 Å². The predicted molar refractivity (Wildman–Crippen MR) is 117 cm³/mol. The van der Waals surface area contributed by atoms with Crippen LogP contribution in [0.3, 0.4) is 0 Å². The van der Waals surface area contributed by atoms with E-state index in [-0.39, 0.29) is 11.5 Å². The molecule has 9 heteroatoms. The highest BCUT2D eigenvalue weighted by Gasteiger charge is 2.34. The fourth-order valence-corrected chi connectivity index (χ4v) is 3.89. The van der Waals surface area contributed by atoms with E-state index in [1.807, 2.05) is 24.3 Å². The van der Waals surface area contributed by atoms with E-state index in [1.165, 1.54) is 29.3 Å². The van der Waals surface area contributed by atoms with Gasteiger partial charge in [0.25, 0.3) is 0 Å². The van der Waals surface area contributed by atoms with E-state index < -0.39 is 30.6 Å². The van der Waals surface area contributed by atoms with E-state index >= 15 is 0 Å². The molecule has 1 aliphatic rings. The van der Waals surface area contributed by atoms with Crippen LogP contribution in [0, 0.1) is 5.82 Å². The van der Waals surface area contributed by atoms with Crippen molar-refractivity contribution in [3.05, 3.63) is 94.3 Å². The van der Waals surface area contributed by atoms with E-state index in [9.17, 15) is 14.0 Å². The average Bonchev–Trinajstić information content (AvgIpc) is 2.78. The second-order valence-electron chi connectivity index (χ2n) is 7.26. The first kappa shape index (κ1) is 22.6. The fraction of sp³-hybridized carbons (Fsp3) is 0.167. The second-order valence-corrected chi connectivity index (χ2v) is 7.69. The van der Waals surface area contributed by atoms with E-state index in [4.69, 9.17) is 31.0 Å². The third-order valence-electron chi connectivity index (χ3n) is 5.05. The molecule has 0 saturated heterocycles. The summed E-state index contributed by atoms with van der Waals surface area (Å²) >= 11 is 5.93. The zero-order chi connectivity index (χ0) is 23.4. The predicted octanol–water partition coefficient (Wildman–Crippen LogP) is 5.02. The molecule has 0 bridgehead atoms. The molecule has 170 valence electrons. The van der Waals surface area contributed by atoms with Crippen molar-refractivity contribution < 1.29 is 33.4 Å². The van der Waals surface area contributed by atoms with Gasteiger partial charge in [0.05, 0.1) is 0 Å². The highest BCUT2D eigenvalue weighted by atomic mass is 35.5. The highest BCUT2D eigenvalue weighted by molar-refractivity contribution is 6.30. The normalized spacial score (nSPS) is 15.4. The van der Waals surface area contributed by atoms with Gasteiger partial charge in [0.1, 0.15) is 23.4 Å².